The number of carbonyl (C=O) groups is 1. The van der Waals surface area contributed by atoms with Crippen LogP contribution in [0, 0.1) is 25.7 Å². The number of nitrogens with one attached hydrogen (secondary N) is 1. The smallest absolute Gasteiger partial charge is 0.224 e. The zero-order valence-electron chi connectivity index (χ0n) is 29.9. The van der Waals surface area contributed by atoms with E-state index < -0.39 is 0 Å². The van der Waals surface area contributed by atoms with Crippen molar-refractivity contribution in [2.24, 2.45) is 0 Å². The van der Waals surface area contributed by atoms with Crippen molar-refractivity contribution in [1.29, 1.82) is 0 Å². The zero-order chi connectivity index (χ0) is 33.6. The summed E-state index contributed by atoms with van der Waals surface area (Å²) in [7, 11) is 5.41. The molecule has 0 bridgehead atoms. The van der Waals surface area contributed by atoms with E-state index in [1.54, 1.807) is 27.2 Å². The fourth-order valence-electron chi connectivity index (χ4n) is 5.14. The summed E-state index contributed by atoms with van der Waals surface area (Å²) < 4.78 is 22.4. The molecule has 8 nitrogen and oxygen atoms in total. The van der Waals surface area contributed by atoms with Gasteiger partial charge in [-0.2, -0.15) is 0 Å². The largest absolute Gasteiger partial charge is 0.496 e. The number of carbonyl (C=O) groups excluding carboxylic acids is 1. The van der Waals surface area contributed by atoms with Gasteiger partial charge >= 0.3 is 0 Å². The quantitative estimate of drug-likeness (QED) is 0.0637. The Morgan fingerprint density at radius 2 is 1.78 bits per heavy atom. The molecule has 0 radical (unpaired) electrons. The molecule has 1 N–H and O–H groups in total. The molecule has 0 aliphatic rings. The molecular weight excluding hydrogens is 566 g/mol. The van der Waals surface area contributed by atoms with Crippen LogP contribution in [0.5, 0.6) is 5.75 Å². The van der Waals surface area contributed by atoms with E-state index in [0.717, 1.165) is 70.8 Å². The van der Waals surface area contributed by atoms with E-state index in [9.17, 15) is 4.79 Å². The third-order valence-electron chi connectivity index (χ3n) is 8.02. The van der Waals surface area contributed by atoms with E-state index in [4.69, 9.17) is 18.9 Å². The molecule has 254 valence electrons. The predicted molar refractivity (Wildman–Crippen MR) is 185 cm³/mol. The van der Waals surface area contributed by atoms with Crippen molar-refractivity contribution in [3.63, 3.8) is 0 Å². The molecule has 1 amide bonds. The summed E-state index contributed by atoms with van der Waals surface area (Å²) in [6.45, 7) is 20.4. The third-order valence-corrected chi connectivity index (χ3v) is 8.02. The standard InChI is InChI=1S/C37H61N3O5/c1-11-16-33(42-9)28-34(45-26-15-14-23-39(8)25-27-44-13-3)17-20-37(41)38-29(4)21-24-40(22-12-2)32(7)35-18-19-36(43-10)31(6)30(35)5/h17-19,28-29,32H,12-15,20-27H2,1-10H3,(H,38,41)/b33-28+,34-17+. The van der Waals surface area contributed by atoms with Crippen LogP contribution in [-0.4, -0.2) is 89.0 Å². The minimum atomic E-state index is -0.0369. The Bertz CT molecular complexity index is 1120. The molecule has 0 fully saturated rings. The number of likely N-dealkylation sites (N-methyl/N-ethyl adjacent to an activating group) is 1. The summed E-state index contributed by atoms with van der Waals surface area (Å²) >= 11 is 0. The van der Waals surface area contributed by atoms with Gasteiger partial charge in [0.1, 0.15) is 11.5 Å². The van der Waals surface area contributed by atoms with Gasteiger partial charge in [0, 0.05) is 44.3 Å². The van der Waals surface area contributed by atoms with Gasteiger partial charge in [-0.25, -0.2) is 0 Å². The Labute approximate surface area is 274 Å². The topological polar surface area (TPSA) is 72.5 Å². The molecule has 0 heterocycles. The number of nitrogens with zero attached hydrogens (tertiary/aromatic N) is 2. The van der Waals surface area contributed by atoms with Crippen molar-refractivity contribution in [2.45, 2.75) is 92.7 Å². The van der Waals surface area contributed by atoms with Gasteiger partial charge in [-0.15, -0.1) is 0 Å². The molecular formula is C37H61N3O5. The van der Waals surface area contributed by atoms with Gasteiger partial charge in [-0.1, -0.05) is 18.9 Å². The van der Waals surface area contributed by atoms with Crippen molar-refractivity contribution in [1.82, 2.24) is 15.1 Å². The maximum absolute atomic E-state index is 12.9. The van der Waals surface area contributed by atoms with Crippen molar-refractivity contribution in [2.75, 3.05) is 67.3 Å². The van der Waals surface area contributed by atoms with Crippen LogP contribution < -0.4 is 10.1 Å². The highest BCUT2D eigenvalue weighted by atomic mass is 16.5. The summed E-state index contributed by atoms with van der Waals surface area (Å²) in [5.74, 6) is 7.77. The lowest BCUT2D eigenvalue weighted by atomic mass is 9.96. The van der Waals surface area contributed by atoms with Crippen LogP contribution in [0.1, 0.15) is 89.5 Å². The van der Waals surface area contributed by atoms with E-state index in [2.05, 4.69) is 80.8 Å². The van der Waals surface area contributed by atoms with Crippen LogP contribution in [0.25, 0.3) is 0 Å². The van der Waals surface area contributed by atoms with Gasteiger partial charge in [0.05, 0.1) is 27.4 Å². The molecule has 0 aliphatic heterocycles. The first-order valence-corrected chi connectivity index (χ1v) is 16.6. The Hall–Kier alpha value is -2.99. The van der Waals surface area contributed by atoms with Crippen LogP contribution in [0.4, 0.5) is 0 Å². The third kappa shape index (κ3) is 15.7. The van der Waals surface area contributed by atoms with Gasteiger partial charge in [0.15, 0.2) is 5.76 Å². The van der Waals surface area contributed by atoms with Crippen LogP contribution in [-0.2, 0) is 19.0 Å². The van der Waals surface area contributed by atoms with Gasteiger partial charge in [-0.05, 0) is 122 Å². The van der Waals surface area contributed by atoms with E-state index >= 15 is 0 Å². The SMILES string of the molecule is CC#C/C(=C\C(=C/CC(=O)NC(C)CCN(CCC)C(C)c1ccc(OC)c(C)c1C)OCCCCN(C)CCOCC)OC. The van der Waals surface area contributed by atoms with Crippen molar-refractivity contribution < 1.29 is 23.7 Å². The zero-order valence-corrected chi connectivity index (χ0v) is 29.9. The molecule has 2 atom stereocenters. The monoisotopic (exact) mass is 627 g/mol. The van der Waals surface area contributed by atoms with Crippen LogP contribution >= 0.6 is 0 Å². The van der Waals surface area contributed by atoms with Gasteiger partial charge in [-0.3, -0.25) is 9.69 Å². The summed E-state index contributed by atoms with van der Waals surface area (Å²) in [6.07, 6.45) is 7.62. The minimum Gasteiger partial charge on any atom is -0.496 e. The number of methoxy groups -OCH3 is 2. The number of ether oxygens (including phenoxy) is 4. The first kappa shape index (κ1) is 40.0. The van der Waals surface area contributed by atoms with Crippen molar-refractivity contribution in [3.05, 3.63) is 52.5 Å². The predicted octanol–water partition coefficient (Wildman–Crippen LogP) is 6.57. The van der Waals surface area contributed by atoms with E-state index in [1.807, 2.05) is 13.0 Å². The number of hydrogen-bond acceptors (Lipinski definition) is 7. The second-order valence-corrected chi connectivity index (χ2v) is 11.5. The summed E-state index contributed by atoms with van der Waals surface area (Å²) in [4.78, 5) is 17.7. The molecule has 1 aromatic carbocycles. The lowest BCUT2D eigenvalue weighted by Crippen LogP contribution is -2.37. The maximum atomic E-state index is 12.9. The summed E-state index contributed by atoms with van der Waals surface area (Å²) in [5, 5.41) is 3.17. The Balaban J connectivity index is 2.74. The number of unbranched alkanes of at least 4 members (excludes halogenated alkanes) is 1. The van der Waals surface area contributed by atoms with Gasteiger partial charge in [0.25, 0.3) is 0 Å². The van der Waals surface area contributed by atoms with Crippen molar-refractivity contribution >= 4 is 5.91 Å². The number of benzene rings is 1. The average Bonchev–Trinajstić information content (AvgIpc) is 3.02. The Morgan fingerprint density at radius 3 is 2.42 bits per heavy atom. The normalized spacial score (nSPS) is 13.3. The van der Waals surface area contributed by atoms with E-state index in [1.165, 1.54) is 16.7 Å². The van der Waals surface area contributed by atoms with Gasteiger partial charge in [0.2, 0.25) is 5.91 Å². The lowest BCUT2D eigenvalue weighted by Gasteiger charge is -2.31. The summed E-state index contributed by atoms with van der Waals surface area (Å²) in [6, 6.07) is 4.56. The molecule has 2 unspecified atom stereocenters. The fourth-order valence-corrected chi connectivity index (χ4v) is 5.14. The second-order valence-electron chi connectivity index (χ2n) is 11.5. The molecule has 0 spiro atoms. The molecule has 0 aliphatic carbocycles. The molecule has 0 saturated carbocycles. The lowest BCUT2D eigenvalue weighted by molar-refractivity contribution is -0.120. The highest BCUT2D eigenvalue weighted by Gasteiger charge is 2.20. The van der Waals surface area contributed by atoms with E-state index in [0.29, 0.717) is 18.1 Å². The fraction of sp³-hybridized carbons (Fsp3) is 0.649. The Morgan fingerprint density at radius 1 is 1.02 bits per heavy atom. The molecule has 8 heteroatoms. The number of amides is 1. The molecule has 0 saturated heterocycles. The molecule has 0 aromatic heterocycles. The molecule has 1 rings (SSSR count). The van der Waals surface area contributed by atoms with E-state index in [-0.39, 0.29) is 24.4 Å². The number of rotatable bonds is 23. The molecule has 1 aromatic rings. The second kappa shape index (κ2) is 23.4. The first-order chi connectivity index (χ1) is 21.6. The Kier molecular flexibility index (Phi) is 20.8. The van der Waals surface area contributed by atoms with Crippen molar-refractivity contribution in [3.8, 4) is 17.6 Å². The van der Waals surface area contributed by atoms with Crippen LogP contribution in [0.15, 0.2) is 35.8 Å². The van der Waals surface area contributed by atoms with Crippen LogP contribution in [0.2, 0.25) is 0 Å². The van der Waals surface area contributed by atoms with Gasteiger partial charge < -0.3 is 29.2 Å². The summed E-state index contributed by atoms with van der Waals surface area (Å²) in [5.41, 5.74) is 3.78. The first-order valence-electron chi connectivity index (χ1n) is 16.6. The number of hydrogen-bond donors (Lipinski definition) is 1. The maximum Gasteiger partial charge on any atom is 0.224 e. The number of allylic oxidation sites excluding steroid dienone is 2. The highest BCUT2D eigenvalue weighted by Crippen LogP contribution is 2.30. The molecule has 45 heavy (non-hydrogen) atoms. The highest BCUT2D eigenvalue weighted by molar-refractivity contribution is 5.77. The minimum absolute atomic E-state index is 0.0369. The average molecular weight is 628 g/mol. The van der Waals surface area contributed by atoms with Crippen LogP contribution in [0.3, 0.4) is 0 Å².